The SMILES string of the molecule is Cl.NC1(C(=O)N2CCC(OCCc3ccccc3)CC2)CCCCC1. The van der Waals surface area contributed by atoms with Gasteiger partial charge in [-0.15, -0.1) is 12.4 Å². The van der Waals surface area contributed by atoms with Gasteiger partial charge in [0.15, 0.2) is 0 Å². The number of halogens is 1. The van der Waals surface area contributed by atoms with Gasteiger partial charge in [0.25, 0.3) is 0 Å². The van der Waals surface area contributed by atoms with Gasteiger partial charge in [-0.3, -0.25) is 4.79 Å². The van der Waals surface area contributed by atoms with Crippen LogP contribution in [0.15, 0.2) is 30.3 Å². The van der Waals surface area contributed by atoms with Crippen LogP contribution in [-0.4, -0.2) is 42.1 Å². The number of amides is 1. The Hall–Kier alpha value is -1.10. The van der Waals surface area contributed by atoms with Crippen LogP contribution >= 0.6 is 12.4 Å². The summed E-state index contributed by atoms with van der Waals surface area (Å²) in [6, 6.07) is 10.4. The van der Waals surface area contributed by atoms with Gasteiger partial charge in [0, 0.05) is 13.1 Å². The van der Waals surface area contributed by atoms with Crippen LogP contribution in [0, 0.1) is 0 Å². The van der Waals surface area contributed by atoms with Gasteiger partial charge < -0.3 is 15.4 Å². The molecule has 0 unspecified atom stereocenters. The molecule has 1 saturated carbocycles. The minimum atomic E-state index is -0.598. The van der Waals surface area contributed by atoms with Gasteiger partial charge in [0.2, 0.25) is 5.91 Å². The Morgan fingerprint density at radius 1 is 1.12 bits per heavy atom. The fourth-order valence-corrected chi connectivity index (χ4v) is 3.93. The second kappa shape index (κ2) is 9.56. The first-order valence-electron chi connectivity index (χ1n) is 9.41. The molecule has 0 atom stereocenters. The molecular weight excluding hydrogens is 336 g/mol. The lowest BCUT2D eigenvalue weighted by atomic mass is 9.81. The first kappa shape index (κ1) is 20.2. The lowest BCUT2D eigenvalue weighted by molar-refractivity contribution is -0.140. The molecule has 0 spiro atoms. The zero-order valence-corrected chi connectivity index (χ0v) is 15.8. The van der Waals surface area contributed by atoms with Crippen LogP contribution in [0.5, 0.6) is 0 Å². The summed E-state index contributed by atoms with van der Waals surface area (Å²) in [7, 11) is 0. The number of carbonyl (C=O) groups is 1. The molecule has 0 radical (unpaired) electrons. The van der Waals surface area contributed by atoms with Crippen molar-refractivity contribution >= 4 is 18.3 Å². The number of hydrogen-bond donors (Lipinski definition) is 1. The molecule has 3 rings (SSSR count). The third-order valence-electron chi connectivity index (χ3n) is 5.49. The average Bonchev–Trinajstić information content (AvgIpc) is 2.63. The standard InChI is InChI=1S/C20H30N2O2.ClH/c21-20(12-5-2-6-13-20)19(23)22-14-9-18(10-15-22)24-16-11-17-7-3-1-4-8-17;/h1,3-4,7-8,18H,2,5-6,9-16,21H2;1H. The van der Waals surface area contributed by atoms with Crippen molar-refractivity contribution < 1.29 is 9.53 Å². The normalized spacial score (nSPS) is 20.8. The van der Waals surface area contributed by atoms with Crippen molar-refractivity contribution in [3.05, 3.63) is 35.9 Å². The van der Waals surface area contributed by atoms with Crippen LogP contribution < -0.4 is 5.73 Å². The molecule has 0 aromatic heterocycles. The van der Waals surface area contributed by atoms with E-state index in [-0.39, 0.29) is 24.4 Å². The van der Waals surface area contributed by atoms with Crippen molar-refractivity contribution in [1.82, 2.24) is 4.90 Å². The summed E-state index contributed by atoms with van der Waals surface area (Å²) in [6.07, 6.45) is 8.15. The van der Waals surface area contributed by atoms with Gasteiger partial charge in [0.1, 0.15) is 0 Å². The molecule has 1 amide bonds. The van der Waals surface area contributed by atoms with E-state index in [0.717, 1.165) is 64.6 Å². The summed E-state index contributed by atoms with van der Waals surface area (Å²) in [4.78, 5) is 14.7. The molecule has 1 aromatic carbocycles. The lowest BCUT2D eigenvalue weighted by Gasteiger charge is -2.40. The van der Waals surface area contributed by atoms with Crippen LogP contribution in [-0.2, 0) is 16.0 Å². The van der Waals surface area contributed by atoms with Crippen LogP contribution in [0.4, 0.5) is 0 Å². The summed E-state index contributed by atoms with van der Waals surface area (Å²) in [5.41, 5.74) is 7.10. The first-order valence-corrected chi connectivity index (χ1v) is 9.41. The van der Waals surface area contributed by atoms with Gasteiger partial charge in [-0.25, -0.2) is 0 Å². The molecule has 2 fully saturated rings. The van der Waals surface area contributed by atoms with Crippen LogP contribution in [0.3, 0.4) is 0 Å². The zero-order chi connectivity index (χ0) is 16.8. The monoisotopic (exact) mass is 366 g/mol. The average molecular weight is 367 g/mol. The van der Waals surface area contributed by atoms with E-state index in [1.165, 1.54) is 12.0 Å². The molecule has 140 valence electrons. The summed E-state index contributed by atoms with van der Waals surface area (Å²) in [6.45, 7) is 2.32. The van der Waals surface area contributed by atoms with E-state index in [2.05, 4.69) is 24.3 Å². The second-order valence-electron chi connectivity index (χ2n) is 7.31. The Morgan fingerprint density at radius 2 is 1.76 bits per heavy atom. The van der Waals surface area contributed by atoms with Crippen LogP contribution in [0.2, 0.25) is 0 Å². The molecule has 25 heavy (non-hydrogen) atoms. The largest absolute Gasteiger partial charge is 0.378 e. The minimum Gasteiger partial charge on any atom is -0.378 e. The Kier molecular flexibility index (Phi) is 7.73. The molecule has 1 aliphatic heterocycles. The lowest BCUT2D eigenvalue weighted by Crippen LogP contribution is -2.58. The maximum Gasteiger partial charge on any atom is 0.242 e. The molecule has 0 bridgehead atoms. The number of nitrogens with zero attached hydrogens (tertiary/aromatic N) is 1. The Labute approximate surface area is 157 Å². The van der Waals surface area contributed by atoms with Crippen molar-refractivity contribution in [3.8, 4) is 0 Å². The van der Waals surface area contributed by atoms with Crippen molar-refractivity contribution in [2.75, 3.05) is 19.7 Å². The fourth-order valence-electron chi connectivity index (χ4n) is 3.93. The third kappa shape index (κ3) is 5.44. The van der Waals surface area contributed by atoms with Gasteiger partial charge >= 0.3 is 0 Å². The molecule has 2 aliphatic rings. The van der Waals surface area contributed by atoms with Gasteiger partial charge in [-0.05, 0) is 37.7 Å². The van der Waals surface area contributed by atoms with E-state index in [4.69, 9.17) is 10.5 Å². The van der Waals surface area contributed by atoms with E-state index in [9.17, 15) is 4.79 Å². The highest BCUT2D eigenvalue weighted by molar-refractivity contribution is 5.86. The van der Waals surface area contributed by atoms with Crippen LogP contribution in [0.1, 0.15) is 50.5 Å². The minimum absolute atomic E-state index is 0. The summed E-state index contributed by atoms with van der Waals surface area (Å²) < 4.78 is 6.02. The summed E-state index contributed by atoms with van der Waals surface area (Å²) >= 11 is 0. The number of likely N-dealkylation sites (tertiary alicyclic amines) is 1. The number of hydrogen-bond acceptors (Lipinski definition) is 3. The predicted octanol–water partition coefficient (Wildman–Crippen LogP) is 3.32. The summed E-state index contributed by atoms with van der Waals surface area (Å²) in [5, 5.41) is 0. The number of ether oxygens (including phenoxy) is 1. The topological polar surface area (TPSA) is 55.6 Å². The number of rotatable bonds is 5. The van der Waals surface area contributed by atoms with E-state index >= 15 is 0 Å². The van der Waals surface area contributed by atoms with E-state index in [1.54, 1.807) is 0 Å². The number of carbonyl (C=O) groups excluding carboxylic acids is 1. The number of nitrogens with two attached hydrogens (primary N) is 1. The quantitative estimate of drug-likeness (QED) is 0.869. The highest BCUT2D eigenvalue weighted by Gasteiger charge is 2.39. The Morgan fingerprint density at radius 3 is 2.40 bits per heavy atom. The molecule has 4 nitrogen and oxygen atoms in total. The third-order valence-corrected chi connectivity index (χ3v) is 5.49. The first-order chi connectivity index (χ1) is 11.7. The molecule has 1 saturated heterocycles. The van der Waals surface area contributed by atoms with E-state index in [1.807, 2.05) is 11.0 Å². The van der Waals surface area contributed by atoms with E-state index < -0.39 is 5.54 Å². The van der Waals surface area contributed by atoms with Gasteiger partial charge in [0.05, 0.1) is 18.2 Å². The number of piperidine rings is 1. The Balaban J connectivity index is 0.00000225. The van der Waals surface area contributed by atoms with Crippen molar-refractivity contribution in [1.29, 1.82) is 0 Å². The molecule has 2 N–H and O–H groups in total. The van der Waals surface area contributed by atoms with Crippen LogP contribution in [0.25, 0.3) is 0 Å². The molecule has 1 aliphatic carbocycles. The zero-order valence-electron chi connectivity index (χ0n) is 15.0. The maximum atomic E-state index is 12.7. The Bertz CT molecular complexity index is 524. The highest BCUT2D eigenvalue weighted by Crippen LogP contribution is 2.29. The summed E-state index contributed by atoms with van der Waals surface area (Å²) in [5.74, 6) is 0.171. The smallest absolute Gasteiger partial charge is 0.242 e. The highest BCUT2D eigenvalue weighted by atomic mass is 35.5. The molecule has 1 heterocycles. The second-order valence-corrected chi connectivity index (χ2v) is 7.31. The van der Waals surface area contributed by atoms with Crippen molar-refractivity contribution in [3.63, 3.8) is 0 Å². The molecular formula is C20H31ClN2O2. The number of benzene rings is 1. The molecule has 5 heteroatoms. The van der Waals surface area contributed by atoms with Gasteiger partial charge in [-0.2, -0.15) is 0 Å². The van der Waals surface area contributed by atoms with E-state index in [0.29, 0.717) is 0 Å². The van der Waals surface area contributed by atoms with Gasteiger partial charge in [-0.1, -0.05) is 49.6 Å². The predicted molar refractivity (Wildman–Crippen MR) is 103 cm³/mol. The van der Waals surface area contributed by atoms with Crippen molar-refractivity contribution in [2.24, 2.45) is 5.73 Å². The molecule has 1 aromatic rings. The maximum absolute atomic E-state index is 12.7. The van der Waals surface area contributed by atoms with Crippen molar-refractivity contribution in [2.45, 2.75) is 63.0 Å². The fraction of sp³-hybridized carbons (Fsp3) is 0.650.